The predicted octanol–water partition coefficient (Wildman–Crippen LogP) is 1.26. The van der Waals surface area contributed by atoms with Gasteiger partial charge in [-0.25, -0.2) is 4.39 Å². The molecule has 0 heterocycles. The van der Waals surface area contributed by atoms with Crippen molar-refractivity contribution in [2.24, 2.45) is 5.84 Å². The number of ether oxygens (including phenoxy) is 1. The zero-order valence-electron chi connectivity index (χ0n) is 7.92. The van der Waals surface area contributed by atoms with Gasteiger partial charge in [0.1, 0.15) is 11.6 Å². The Morgan fingerprint density at radius 1 is 1.50 bits per heavy atom. The summed E-state index contributed by atoms with van der Waals surface area (Å²) in [4.78, 5) is 0. The molecule has 0 spiro atoms. The van der Waals surface area contributed by atoms with Crippen molar-refractivity contribution < 1.29 is 9.13 Å². The SMILES string of the molecule is COc1cc(F)ccc1CCNN.Cl. The molecule has 0 bridgehead atoms. The number of hydrazine groups is 1. The summed E-state index contributed by atoms with van der Waals surface area (Å²) in [6.07, 6.45) is 0.722. The van der Waals surface area contributed by atoms with Crippen LogP contribution in [0.4, 0.5) is 4.39 Å². The van der Waals surface area contributed by atoms with Gasteiger partial charge in [0.2, 0.25) is 0 Å². The van der Waals surface area contributed by atoms with Crippen molar-refractivity contribution in [3.8, 4) is 5.75 Å². The number of rotatable bonds is 4. The van der Waals surface area contributed by atoms with Gasteiger partial charge in [-0.05, 0) is 18.1 Å². The third-order valence-corrected chi connectivity index (χ3v) is 1.79. The standard InChI is InChI=1S/C9H13FN2O.ClH/c1-13-9-6-8(10)3-2-7(9)4-5-12-11;/h2-3,6,12H,4-5,11H2,1H3;1H. The topological polar surface area (TPSA) is 47.3 Å². The Balaban J connectivity index is 0.00000169. The van der Waals surface area contributed by atoms with Crippen LogP contribution < -0.4 is 16.0 Å². The van der Waals surface area contributed by atoms with E-state index in [1.54, 1.807) is 6.07 Å². The largest absolute Gasteiger partial charge is 0.496 e. The molecule has 0 unspecified atom stereocenters. The van der Waals surface area contributed by atoms with Gasteiger partial charge in [0, 0.05) is 12.6 Å². The van der Waals surface area contributed by atoms with Gasteiger partial charge in [-0.2, -0.15) is 0 Å². The van der Waals surface area contributed by atoms with Crippen LogP contribution >= 0.6 is 12.4 Å². The summed E-state index contributed by atoms with van der Waals surface area (Å²) >= 11 is 0. The lowest BCUT2D eigenvalue weighted by molar-refractivity contribution is 0.405. The number of hydrogen-bond donors (Lipinski definition) is 2. The van der Waals surface area contributed by atoms with Gasteiger partial charge in [0.05, 0.1) is 7.11 Å². The number of nitrogens with two attached hydrogens (primary N) is 1. The van der Waals surface area contributed by atoms with E-state index in [2.05, 4.69) is 5.43 Å². The molecule has 1 aromatic rings. The predicted molar refractivity (Wildman–Crippen MR) is 56.1 cm³/mol. The van der Waals surface area contributed by atoms with Crippen LogP contribution in [-0.4, -0.2) is 13.7 Å². The van der Waals surface area contributed by atoms with E-state index in [1.165, 1.54) is 19.2 Å². The second-order valence-electron chi connectivity index (χ2n) is 2.66. The van der Waals surface area contributed by atoms with Gasteiger partial charge >= 0.3 is 0 Å². The summed E-state index contributed by atoms with van der Waals surface area (Å²) in [6, 6.07) is 4.48. The third-order valence-electron chi connectivity index (χ3n) is 1.79. The number of methoxy groups -OCH3 is 1. The van der Waals surface area contributed by atoms with E-state index < -0.39 is 0 Å². The average molecular weight is 221 g/mol. The zero-order valence-corrected chi connectivity index (χ0v) is 8.73. The smallest absolute Gasteiger partial charge is 0.126 e. The van der Waals surface area contributed by atoms with Crippen molar-refractivity contribution >= 4 is 12.4 Å². The molecule has 14 heavy (non-hydrogen) atoms. The number of halogens is 2. The van der Waals surface area contributed by atoms with E-state index in [1.807, 2.05) is 0 Å². The lowest BCUT2D eigenvalue weighted by Crippen LogP contribution is -2.24. The summed E-state index contributed by atoms with van der Waals surface area (Å²) in [5, 5.41) is 0. The van der Waals surface area contributed by atoms with Gasteiger partial charge in [-0.1, -0.05) is 6.07 Å². The van der Waals surface area contributed by atoms with Crippen molar-refractivity contribution in [3.05, 3.63) is 29.6 Å². The fourth-order valence-electron chi connectivity index (χ4n) is 1.13. The third kappa shape index (κ3) is 3.49. The molecule has 80 valence electrons. The molecule has 0 atom stereocenters. The van der Waals surface area contributed by atoms with E-state index in [0.717, 1.165) is 12.0 Å². The minimum absolute atomic E-state index is 0. The fraction of sp³-hybridized carbons (Fsp3) is 0.333. The molecule has 1 rings (SSSR count). The molecular formula is C9H14ClFN2O. The van der Waals surface area contributed by atoms with Crippen molar-refractivity contribution in [3.63, 3.8) is 0 Å². The molecule has 5 heteroatoms. The van der Waals surface area contributed by atoms with E-state index >= 15 is 0 Å². The van der Waals surface area contributed by atoms with E-state index in [-0.39, 0.29) is 18.2 Å². The first-order chi connectivity index (χ1) is 6.27. The maximum Gasteiger partial charge on any atom is 0.126 e. The second kappa shape index (κ2) is 6.59. The van der Waals surface area contributed by atoms with Crippen molar-refractivity contribution in [1.29, 1.82) is 0 Å². The Hall–Kier alpha value is -0.840. The highest BCUT2D eigenvalue weighted by atomic mass is 35.5. The van der Waals surface area contributed by atoms with Crippen LogP contribution in [0.25, 0.3) is 0 Å². The lowest BCUT2D eigenvalue weighted by Gasteiger charge is -2.07. The maximum absolute atomic E-state index is 12.7. The number of nitrogens with one attached hydrogen (secondary N) is 1. The molecule has 1 aromatic carbocycles. The highest BCUT2D eigenvalue weighted by molar-refractivity contribution is 5.85. The molecule has 0 fully saturated rings. The molecule has 0 saturated heterocycles. The Kier molecular flexibility index (Phi) is 6.19. The Labute approximate surface area is 88.8 Å². The van der Waals surface area contributed by atoms with Crippen LogP contribution in [0.15, 0.2) is 18.2 Å². The fourth-order valence-corrected chi connectivity index (χ4v) is 1.13. The summed E-state index contributed by atoms with van der Waals surface area (Å²) in [6.45, 7) is 0.641. The monoisotopic (exact) mass is 220 g/mol. The van der Waals surface area contributed by atoms with Crippen LogP contribution in [0, 0.1) is 5.82 Å². The van der Waals surface area contributed by atoms with Crippen LogP contribution in [0.1, 0.15) is 5.56 Å². The summed E-state index contributed by atoms with van der Waals surface area (Å²) in [5.74, 6) is 5.41. The highest BCUT2D eigenvalue weighted by Crippen LogP contribution is 2.19. The van der Waals surface area contributed by atoms with Crippen LogP contribution in [0.2, 0.25) is 0 Å². The highest BCUT2D eigenvalue weighted by Gasteiger charge is 2.03. The van der Waals surface area contributed by atoms with Crippen LogP contribution in [0.3, 0.4) is 0 Å². The minimum Gasteiger partial charge on any atom is -0.496 e. The molecule has 0 aliphatic rings. The Morgan fingerprint density at radius 2 is 2.21 bits per heavy atom. The molecule has 0 aromatic heterocycles. The van der Waals surface area contributed by atoms with Gasteiger partial charge in [0.25, 0.3) is 0 Å². The molecule has 0 amide bonds. The zero-order chi connectivity index (χ0) is 9.68. The normalized spacial score (nSPS) is 9.36. The van der Waals surface area contributed by atoms with Crippen molar-refractivity contribution in [2.45, 2.75) is 6.42 Å². The van der Waals surface area contributed by atoms with E-state index in [9.17, 15) is 4.39 Å². The molecule has 0 aliphatic carbocycles. The Bertz CT molecular complexity index is 284. The number of hydrogen-bond acceptors (Lipinski definition) is 3. The first kappa shape index (κ1) is 13.2. The quantitative estimate of drug-likeness (QED) is 0.593. The van der Waals surface area contributed by atoms with Gasteiger partial charge in [0.15, 0.2) is 0 Å². The average Bonchev–Trinajstić information content (AvgIpc) is 2.16. The summed E-state index contributed by atoms with van der Waals surface area (Å²) in [7, 11) is 1.52. The first-order valence-electron chi connectivity index (χ1n) is 4.04. The second-order valence-corrected chi connectivity index (χ2v) is 2.66. The molecule has 3 nitrogen and oxygen atoms in total. The van der Waals surface area contributed by atoms with Gasteiger partial charge < -0.3 is 4.74 Å². The molecule has 0 aliphatic heterocycles. The van der Waals surface area contributed by atoms with E-state index in [4.69, 9.17) is 10.6 Å². The molecular weight excluding hydrogens is 207 g/mol. The molecule has 0 saturated carbocycles. The lowest BCUT2D eigenvalue weighted by atomic mass is 10.1. The first-order valence-corrected chi connectivity index (χ1v) is 4.04. The van der Waals surface area contributed by atoms with Crippen molar-refractivity contribution in [1.82, 2.24) is 5.43 Å². The summed E-state index contributed by atoms with van der Waals surface area (Å²) < 4.78 is 17.8. The maximum atomic E-state index is 12.7. The Morgan fingerprint density at radius 3 is 2.79 bits per heavy atom. The molecule has 0 radical (unpaired) electrons. The minimum atomic E-state index is -0.290. The summed E-state index contributed by atoms with van der Waals surface area (Å²) in [5.41, 5.74) is 3.48. The molecule has 3 N–H and O–H groups in total. The van der Waals surface area contributed by atoms with Gasteiger partial charge in [-0.3, -0.25) is 11.3 Å². The van der Waals surface area contributed by atoms with Crippen LogP contribution in [0.5, 0.6) is 5.75 Å². The number of benzene rings is 1. The van der Waals surface area contributed by atoms with Gasteiger partial charge in [-0.15, -0.1) is 12.4 Å². The van der Waals surface area contributed by atoms with Crippen molar-refractivity contribution in [2.75, 3.05) is 13.7 Å². The van der Waals surface area contributed by atoms with Crippen LogP contribution in [-0.2, 0) is 6.42 Å². The van der Waals surface area contributed by atoms with E-state index in [0.29, 0.717) is 12.3 Å².